The summed E-state index contributed by atoms with van der Waals surface area (Å²) in [7, 11) is 1.33. The molecule has 1 saturated carbocycles. The van der Waals surface area contributed by atoms with E-state index >= 15 is 0 Å². The number of amides is 1. The maximum atomic E-state index is 12.1. The third-order valence-corrected chi connectivity index (χ3v) is 4.68. The molecule has 130 valence electrons. The molecule has 0 aromatic heterocycles. The third-order valence-electron chi connectivity index (χ3n) is 4.68. The Morgan fingerprint density at radius 1 is 1.12 bits per heavy atom. The minimum Gasteiger partial charge on any atom is -0.489 e. The summed E-state index contributed by atoms with van der Waals surface area (Å²) in [5.74, 6) is -0.583. The van der Waals surface area contributed by atoms with Crippen molar-refractivity contribution in [2.45, 2.75) is 19.4 Å². The normalized spacial score (nSPS) is 21.4. The molecule has 1 aliphatic rings. The first-order valence-corrected chi connectivity index (χ1v) is 8.18. The van der Waals surface area contributed by atoms with Gasteiger partial charge in [-0.3, -0.25) is 9.59 Å². The summed E-state index contributed by atoms with van der Waals surface area (Å²) in [6.45, 7) is 0.469. The summed E-state index contributed by atoms with van der Waals surface area (Å²) >= 11 is 0. The van der Waals surface area contributed by atoms with Gasteiger partial charge in [0.1, 0.15) is 12.4 Å². The largest absolute Gasteiger partial charge is 0.489 e. The van der Waals surface area contributed by atoms with Crippen molar-refractivity contribution in [2.75, 3.05) is 7.11 Å². The number of ether oxygens (including phenoxy) is 2. The van der Waals surface area contributed by atoms with E-state index in [1.807, 2.05) is 54.6 Å². The summed E-state index contributed by atoms with van der Waals surface area (Å²) < 4.78 is 10.7. The molecule has 5 nitrogen and oxygen atoms in total. The molecule has 0 heterocycles. The number of methoxy groups -OCH3 is 1. The van der Waals surface area contributed by atoms with Crippen molar-refractivity contribution in [3.05, 3.63) is 65.7 Å². The van der Waals surface area contributed by atoms with Gasteiger partial charge in [-0.05, 0) is 36.1 Å². The zero-order valence-electron chi connectivity index (χ0n) is 14.1. The van der Waals surface area contributed by atoms with Crippen molar-refractivity contribution >= 4 is 11.9 Å². The first-order valence-electron chi connectivity index (χ1n) is 8.18. The molecule has 2 N–H and O–H groups in total. The van der Waals surface area contributed by atoms with Crippen molar-refractivity contribution in [1.29, 1.82) is 0 Å². The lowest BCUT2D eigenvalue weighted by atomic mass is 9.93. The van der Waals surface area contributed by atoms with E-state index in [2.05, 4.69) is 0 Å². The van der Waals surface area contributed by atoms with Crippen LogP contribution in [-0.2, 0) is 27.4 Å². The Hall–Kier alpha value is -2.82. The van der Waals surface area contributed by atoms with Crippen LogP contribution in [0, 0.1) is 11.3 Å². The maximum Gasteiger partial charge on any atom is 0.312 e. The zero-order chi connectivity index (χ0) is 17.9. The highest BCUT2D eigenvalue weighted by molar-refractivity contribution is 5.92. The van der Waals surface area contributed by atoms with Gasteiger partial charge in [0.15, 0.2) is 0 Å². The number of nitrogens with two attached hydrogens (primary N) is 1. The fraction of sp³-hybridized carbons (Fsp3) is 0.300. The monoisotopic (exact) mass is 339 g/mol. The molecule has 1 unspecified atom stereocenters. The second kappa shape index (κ2) is 6.97. The van der Waals surface area contributed by atoms with E-state index in [4.69, 9.17) is 15.2 Å². The Morgan fingerprint density at radius 2 is 1.84 bits per heavy atom. The second-order valence-corrected chi connectivity index (χ2v) is 6.41. The van der Waals surface area contributed by atoms with Crippen LogP contribution in [0.2, 0.25) is 0 Å². The SMILES string of the molecule is COC(=O)[C@@]1(Cc2cccc(OCc3ccccc3)c2)CC1C(N)=O. The summed E-state index contributed by atoms with van der Waals surface area (Å²) in [5, 5.41) is 0. The van der Waals surface area contributed by atoms with Crippen LogP contribution in [0.5, 0.6) is 5.75 Å². The van der Waals surface area contributed by atoms with Crippen LogP contribution in [0.15, 0.2) is 54.6 Å². The van der Waals surface area contributed by atoms with E-state index in [1.54, 1.807) is 0 Å². The van der Waals surface area contributed by atoms with Crippen LogP contribution in [-0.4, -0.2) is 19.0 Å². The lowest BCUT2D eigenvalue weighted by Gasteiger charge is -2.15. The number of rotatable bonds is 7. The molecule has 2 aromatic rings. The van der Waals surface area contributed by atoms with Crippen molar-refractivity contribution in [2.24, 2.45) is 17.1 Å². The Kier molecular flexibility index (Phi) is 4.74. The number of esters is 1. The highest BCUT2D eigenvalue weighted by Gasteiger charge is 2.63. The van der Waals surface area contributed by atoms with Crippen LogP contribution in [0.1, 0.15) is 17.5 Å². The first kappa shape index (κ1) is 17.0. The fourth-order valence-electron chi connectivity index (χ4n) is 3.23. The Balaban J connectivity index is 1.71. The molecule has 0 saturated heterocycles. The third kappa shape index (κ3) is 3.65. The predicted octanol–water partition coefficient (Wildman–Crippen LogP) is 2.47. The highest BCUT2D eigenvalue weighted by Crippen LogP contribution is 2.55. The van der Waals surface area contributed by atoms with E-state index in [-0.39, 0.29) is 5.97 Å². The van der Waals surface area contributed by atoms with Gasteiger partial charge in [-0.2, -0.15) is 0 Å². The van der Waals surface area contributed by atoms with Crippen molar-refractivity contribution in [3.63, 3.8) is 0 Å². The van der Waals surface area contributed by atoms with Gasteiger partial charge in [-0.15, -0.1) is 0 Å². The molecule has 2 atom stereocenters. The van der Waals surface area contributed by atoms with Crippen LogP contribution >= 0.6 is 0 Å². The Labute approximate surface area is 146 Å². The van der Waals surface area contributed by atoms with Crippen molar-refractivity contribution in [3.8, 4) is 5.75 Å². The predicted molar refractivity (Wildman–Crippen MR) is 92.7 cm³/mol. The van der Waals surface area contributed by atoms with Crippen LogP contribution < -0.4 is 10.5 Å². The van der Waals surface area contributed by atoms with Gasteiger partial charge >= 0.3 is 5.97 Å². The molecule has 5 heteroatoms. The van der Waals surface area contributed by atoms with E-state index in [0.29, 0.717) is 19.4 Å². The van der Waals surface area contributed by atoms with Gasteiger partial charge in [-0.25, -0.2) is 0 Å². The number of hydrogen-bond acceptors (Lipinski definition) is 4. The zero-order valence-corrected chi connectivity index (χ0v) is 14.1. The lowest BCUT2D eigenvalue weighted by Crippen LogP contribution is -2.28. The first-order chi connectivity index (χ1) is 12.0. The highest BCUT2D eigenvalue weighted by atomic mass is 16.5. The number of hydrogen-bond donors (Lipinski definition) is 1. The van der Waals surface area contributed by atoms with Gasteiger partial charge in [0.2, 0.25) is 5.91 Å². The molecule has 2 aromatic carbocycles. The topological polar surface area (TPSA) is 78.6 Å². The Morgan fingerprint density at radius 3 is 2.48 bits per heavy atom. The molecule has 1 aliphatic carbocycles. The van der Waals surface area contributed by atoms with Gasteiger partial charge in [0.25, 0.3) is 0 Å². The summed E-state index contributed by atoms with van der Waals surface area (Å²) in [6, 6.07) is 17.4. The average molecular weight is 339 g/mol. The molecule has 3 rings (SSSR count). The molecular weight excluding hydrogens is 318 g/mol. The molecule has 0 spiro atoms. The molecular formula is C20H21NO4. The van der Waals surface area contributed by atoms with E-state index in [1.165, 1.54) is 7.11 Å². The molecule has 0 aliphatic heterocycles. The summed E-state index contributed by atoms with van der Waals surface area (Å²) in [4.78, 5) is 23.7. The van der Waals surface area contributed by atoms with Crippen LogP contribution in [0.4, 0.5) is 0 Å². The molecule has 1 fully saturated rings. The molecule has 1 amide bonds. The van der Waals surface area contributed by atoms with Crippen molar-refractivity contribution in [1.82, 2.24) is 0 Å². The Bertz CT molecular complexity index is 774. The van der Waals surface area contributed by atoms with Crippen molar-refractivity contribution < 1.29 is 19.1 Å². The van der Waals surface area contributed by atoms with Gasteiger partial charge in [0, 0.05) is 0 Å². The number of primary amides is 1. The maximum absolute atomic E-state index is 12.1. The molecule has 25 heavy (non-hydrogen) atoms. The number of carbonyl (C=O) groups excluding carboxylic acids is 2. The van der Waals surface area contributed by atoms with E-state index in [9.17, 15) is 9.59 Å². The number of benzene rings is 2. The summed E-state index contributed by atoms with van der Waals surface area (Å²) in [6.07, 6.45) is 0.847. The summed E-state index contributed by atoms with van der Waals surface area (Å²) in [5.41, 5.74) is 6.55. The standard InChI is InChI=1S/C20H21NO4/c1-24-19(23)20(12-17(20)18(21)22)11-15-8-5-9-16(10-15)25-13-14-6-3-2-4-7-14/h2-10,17H,11-13H2,1H3,(H2,21,22)/t17?,20-/m0/s1. The molecule has 0 radical (unpaired) electrons. The van der Waals surface area contributed by atoms with Gasteiger partial charge in [0.05, 0.1) is 18.4 Å². The van der Waals surface area contributed by atoms with E-state index in [0.717, 1.165) is 16.9 Å². The smallest absolute Gasteiger partial charge is 0.312 e. The molecule has 0 bridgehead atoms. The second-order valence-electron chi connectivity index (χ2n) is 6.41. The minimum atomic E-state index is -0.835. The van der Waals surface area contributed by atoms with Gasteiger partial charge < -0.3 is 15.2 Å². The quantitative estimate of drug-likeness (QED) is 0.786. The van der Waals surface area contributed by atoms with Crippen LogP contribution in [0.3, 0.4) is 0 Å². The lowest BCUT2D eigenvalue weighted by molar-refractivity contribution is -0.148. The van der Waals surface area contributed by atoms with Crippen LogP contribution in [0.25, 0.3) is 0 Å². The van der Waals surface area contributed by atoms with Gasteiger partial charge in [-0.1, -0.05) is 42.5 Å². The average Bonchev–Trinajstić information content (AvgIpc) is 3.36. The minimum absolute atomic E-state index is 0.382. The number of carbonyl (C=O) groups is 2. The van der Waals surface area contributed by atoms with E-state index < -0.39 is 17.2 Å². The fourth-order valence-corrected chi connectivity index (χ4v) is 3.23.